The Bertz CT molecular complexity index is 250. The molecule has 0 bridgehead atoms. The number of nitrogens with one attached hydrogen (secondary N) is 1. The molecule has 3 heteroatoms. The van der Waals surface area contributed by atoms with Crippen LogP contribution in [0.3, 0.4) is 0 Å². The average molecular weight is 221 g/mol. The van der Waals surface area contributed by atoms with Gasteiger partial charge in [-0.15, -0.1) is 0 Å². The van der Waals surface area contributed by atoms with Crippen molar-refractivity contribution in [1.82, 2.24) is 10.2 Å². The lowest BCUT2D eigenvalue weighted by Gasteiger charge is -2.24. The molecular weight excluding hydrogens is 198 g/mol. The fourth-order valence-corrected chi connectivity index (χ4v) is 2.18. The van der Waals surface area contributed by atoms with Crippen LogP contribution in [-0.2, 0) is 0 Å². The molecule has 0 saturated heterocycles. The molecule has 0 radical (unpaired) electrons. The van der Waals surface area contributed by atoms with Crippen LogP contribution in [0.5, 0.6) is 0 Å². The molecule has 1 unspecified atom stereocenters. The van der Waals surface area contributed by atoms with Crippen LogP contribution < -0.4 is 5.32 Å². The Morgan fingerprint density at radius 1 is 1.38 bits per heavy atom. The second-order valence-electron chi connectivity index (χ2n) is 5.42. The first-order valence-corrected chi connectivity index (χ1v) is 6.64. The zero-order valence-corrected chi connectivity index (χ0v) is 10.3. The Balaban J connectivity index is 1.64. The summed E-state index contributed by atoms with van der Waals surface area (Å²) >= 11 is 0. The summed E-state index contributed by atoms with van der Waals surface area (Å²) < 4.78 is 0. The molecule has 1 N–H and O–H groups in total. The zero-order valence-electron chi connectivity index (χ0n) is 10.3. The minimum Gasteiger partial charge on any atom is -0.314 e. The second-order valence-corrected chi connectivity index (χ2v) is 5.42. The molecule has 0 aromatic carbocycles. The Morgan fingerprint density at radius 3 is 2.69 bits per heavy atom. The second kappa shape index (κ2) is 5.65. The van der Waals surface area contributed by atoms with Gasteiger partial charge in [0.2, 0.25) is 0 Å². The Hall–Kier alpha value is -0.590. The van der Waals surface area contributed by atoms with E-state index >= 15 is 0 Å². The van der Waals surface area contributed by atoms with Gasteiger partial charge in [0.05, 0.1) is 6.07 Å². The van der Waals surface area contributed by atoms with E-state index in [0.29, 0.717) is 12.3 Å². The van der Waals surface area contributed by atoms with Crippen molar-refractivity contribution >= 4 is 0 Å². The lowest BCUT2D eigenvalue weighted by Crippen LogP contribution is -2.36. The molecular formula is C13H23N3. The van der Waals surface area contributed by atoms with Crippen molar-refractivity contribution in [3.63, 3.8) is 0 Å². The van der Waals surface area contributed by atoms with Gasteiger partial charge in [0.25, 0.3) is 0 Å². The first kappa shape index (κ1) is 11.9. The van der Waals surface area contributed by atoms with E-state index in [2.05, 4.69) is 23.2 Å². The van der Waals surface area contributed by atoms with E-state index in [1.165, 1.54) is 25.7 Å². The Labute approximate surface area is 98.8 Å². The average Bonchev–Trinajstić information content (AvgIpc) is 3.15. The maximum absolute atomic E-state index is 8.65. The number of hydrogen-bond acceptors (Lipinski definition) is 3. The third kappa shape index (κ3) is 4.11. The summed E-state index contributed by atoms with van der Waals surface area (Å²) in [5.41, 5.74) is 0. The third-order valence-electron chi connectivity index (χ3n) is 3.45. The molecule has 2 saturated carbocycles. The molecule has 1 atom stereocenters. The predicted molar refractivity (Wildman–Crippen MR) is 65.0 cm³/mol. The molecule has 0 amide bonds. The fourth-order valence-electron chi connectivity index (χ4n) is 2.18. The van der Waals surface area contributed by atoms with Gasteiger partial charge in [0, 0.05) is 31.6 Å². The van der Waals surface area contributed by atoms with Crippen molar-refractivity contribution in [3.8, 4) is 6.07 Å². The molecule has 2 aliphatic carbocycles. The van der Waals surface area contributed by atoms with Crippen molar-refractivity contribution in [2.24, 2.45) is 5.92 Å². The van der Waals surface area contributed by atoms with Crippen LogP contribution in [0.2, 0.25) is 0 Å². The predicted octanol–water partition coefficient (Wildman–Crippen LogP) is 1.75. The number of rotatable bonds is 8. The molecule has 90 valence electrons. The van der Waals surface area contributed by atoms with E-state index in [1.807, 2.05) is 0 Å². The van der Waals surface area contributed by atoms with Gasteiger partial charge in [-0.05, 0) is 38.1 Å². The fraction of sp³-hybridized carbons (Fsp3) is 0.923. The minimum absolute atomic E-state index is 0.680. The van der Waals surface area contributed by atoms with Crippen molar-refractivity contribution in [3.05, 3.63) is 0 Å². The van der Waals surface area contributed by atoms with E-state index in [0.717, 1.165) is 31.7 Å². The molecule has 0 aliphatic heterocycles. The van der Waals surface area contributed by atoms with Gasteiger partial charge in [-0.1, -0.05) is 6.92 Å². The Kier molecular flexibility index (Phi) is 4.20. The maximum Gasteiger partial charge on any atom is 0.0635 e. The summed E-state index contributed by atoms with van der Waals surface area (Å²) in [4.78, 5) is 2.52. The largest absolute Gasteiger partial charge is 0.314 e. The van der Waals surface area contributed by atoms with E-state index in [4.69, 9.17) is 5.26 Å². The molecule has 0 heterocycles. The lowest BCUT2D eigenvalue weighted by atomic mass is 10.1. The van der Waals surface area contributed by atoms with Crippen molar-refractivity contribution in [2.45, 2.75) is 51.1 Å². The standard InChI is InChI=1S/C13H23N3/c1-11(9-15-12-3-4-12)10-16(8-2-7-14)13-5-6-13/h11-13,15H,2-6,8-10H2,1H3. The van der Waals surface area contributed by atoms with Crippen LogP contribution in [0.4, 0.5) is 0 Å². The van der Waals surface area contributed by atoms with Crippen molar-refractivity contribution in [2.75, 3.05) is 19.6 Å². The van der Waals surface area contributed by atoms with Gasteiger partial charge in [-0.2, -0.15) is 5.26 Å². The number of nitrogens with zero attached hydrogens (tertiary/aromatic N) is 2. The van der Waals surface area contributed by atoms with Gasteiger partial charge < -0.3 is 5.32 Å². The van der Waals surface area contributed by atoms with E-state index in [1.54, 1.807) is 0 Å². The SMILES string of the molecule is CC(CNC1CC1)CN(CCC#N)C1CC1. The molecule has 0 spiro atoms. The van der Waals surface area contributed by atoms with Crippen LogP contribution in [0.15, 0.2) is 0 Å². The molecule has 0 aromatic rings. The molecule has 2 rings (SSSR count). The summed E-state index contributed by atoms with van der Waals surface area (Å²) in [6.45, 7) is 5.58. The van der Waals surface area contributed by atoms with Crippen molar-refractivity contribution < 1.29 is 0 Å². The topological polar surface area (TPSA) is 39.1 Å². The highest BCUT2D eigenvalue weighted by Crippen LogP contribution is 2.27. The maximum atomic E-state index is 8.65. The smallest absolute Gasteiger partial charge is 0.0635 e. The summed E-state index contributed by atoms with van der Waals surface area (Å²) in [5, 5.41) is 12.2. The molecule has 2 aliphatic rings. The van der Waals surface area contributed by atoms with Gasteiger partial charge in [0.15, 0.2) is 0 Å². The van der Waals surface area contributed by atoms with Gasteiger partial charge >= 0.3 is 0 Å². The monoisotopic (exact) mass is 221 g/mol. The van der Waals surface area contributed by atoms with E-state index in [-0.39, 0.29) is 0 Å². The summed E-state index contributed by atoms with van der Waals surface area (Å²) in [7, 11) is 0. The van der Waals surface area contributed by atoms with Gasteiger partial charge in [-0.3, -0.25) is 4.90 Å². The summed E-state index contributed by atoms with van der Waals surface area (Å²) in [5.74, 6) is 0.708. The minimum atomic E-state index is 0.680. The summed E-state index contributed by atoms with van der Waals surface area (Å²) in [6.07, 6.45) is 6.10. The highest BCUT2D eigenvalue weighted by molar-refractivity contribution is 4.88. The van der Waals surface area contributed by atoms with E-state index < -0.39 is 0 Å². The summed E-state index contributed by atoms with van der Waals surface area (Å²) in [6, 6.07) is 3.86. The molecule has 0 aromatic heterocycles. The molecule has 16 heavy (non-hydrogen) atoms. The van der Waals surface area contributed by atoms with Gasteiger partial charge in [-0.25, -0.2) is 0 Å². The first-order chi connectivity index (χ1) is 7.79. The lowest BCUT2D eigenvalue weighted by molar-refractivity contribution is 0.229. The molecule has 3 nitrogen and oxygen atoms in total. The number of nitriles is 1. The first-order valence-electron chi connectivity index (χ1n) is 6.64. The highest BCUT2D eigenvalue weighted by atomic mass is 15.2. The number of hydrogen-bond donors (Lipinski definition) is 1. The Morgan fingerprint density at radius 2 is 2.12 bits per heavy atom. The van der Waals surface area contributed by atoms with Crippen LogP contribution in [0.25, 0.3) is 0 Å². The van der Waals surface area contributed by atoms with Crippen LogP contribution in [-0.4, -0.2) is 36.6 Å². The highest BCUT2D eigenvalue weighted by Gasteiger charge is 2.29. The third-order valence-corrected chi connectivity index (χ3v) is 3.45. The normalized spacial score (nSPS) is 22.1. The van der Waals surface area contributed by atoms with Crippen LogP contribution in [0, 0.1) is 17.2 Å². The van der Waals surface area contributed by atoms with E-state index in [9.17, 15) is 0 Å². The van der Waals surface area contributed by atoms with Crippen LogP contribution >= 0.6 is 0 Å². The van der Waals surface area contributed by atoms with Gasteiger partial charge in [0.1, 0.15) is 0 Å². The van der Waals surface area contributed by atoms with Crippen LogP contribution in [0.1, 0.15) is 39.0 Å². The quantitative estimate of drug-likeness (QED) is 0.679. The zero-order chi connectivity index (χ0) is 11.4. The molecule has 2 fully saturated rings. The van der Waals surface area contributed by atoms with Crippen molar-refractivity contribution in [1.29, 1.82) is 5.26 Å².